The van der Waals surface area contributed by atoms with Crippen molar-refractivity contribution in [3.8, 4) is 5.75 Å². The lowest BCUT2D eigenvalue weighted by atomic mass is 10.2. The van der Waals surface area contributed by atoms with Gasteiger partial charge in [-0.15, -0.1) is 5.10 Å². The highest BCUT2D eigenvalue weighted by atomic mass is 79.9. The van der Waals surface area contributed by atoms with Crippen molar-refractivity contribution in [2.24, 2.45) is 10.2 Å². The third-order valence-corrected chi connectivity index (χ3v) is 5.50. The molecule has 0 bridgehead atoms. The lowest BCUT2D eigenvalue weighted by molar-refractivity contribution is -0.135. The molecule has 1 aliphatic rings. The molecule has 0 aromatic heterocycles. The molecule has 1 aliphatic heterocycles. The van der Waals surface area contributed by atoms with Gasteiger partial charge in [-0.25, -0.2) is 4.79 Å². The summed E-state index contributed by atoms with van der Waals surface area (Å²) in [5.74, 6) is -0.931. The molecule has 0 atom stereocenters. The lowest BCUT2D eigenvalue weighted by Gasteiger charge is -2.10. The molecule has 170 valence electrons. The summed E-state index contributed by atoms with van der Waals surface area (Å²) in [5, 5.41) is 13.4. The Hall–Kier alpha value is -3.44. The van der Waals surface area contributed by atoms with Crippen molar-refractivity contribution in [2.75, 3.05) is 13.7 Å². The van der Waals surface area contributed by atoms with Crippen LogP contribution in [0, 0.1) is 0 Å². The minimum Gasteiger partial charge on any atom is -0.483 e. The fraction of sp³-hybridized carbons (Fsp3) is 0.136. The molecule has 2 aromatic rings. The Morgan fingerprint density at radius 2 is 2.00 bits per heavy atom. The van der Waals surface area contributed by atoms with E-state index in [0.717, 1.165) is 27.9 Å². The van der Waals surface area contributed by atoms with Gasteiger partial charge in [-0.3, -0.25) is 14.9 Å². The predicted molar refractivity (Wildman–Crippen MR) is 129 cm³/mol. The van der Waals surface area contributed by atoms with Crippen molar-refractivity contribution in [1.82, 2.24) is 10.6 Å². The number of methoxy groups -OCH3 is 1. The largest absolute Gasteiger partial charge is 0.483 e. The van der Waals surface area contributed by atoms with Crippen LogP contribution in [-0.2, 0) is 25.7 Å². The molecule has 0 saturated carbocycles. The number of halogens is 1. The number of carbonyl (C=O) groups excluding carboxylic acids is 3. The van der Waals surface area contributed by atoms with E-state index in [9.17, 15) is 14.4 Å². The summed E-state index contributed by atoms with van der Waals surface area (Å²) in [4.78, 5) is 35.4. The number of amidine groups is 1. The summed E-state index contributed by atoms with van der Waals surface area (Å²) in [6.45, 7) is 0.238. The number of ether oxygens (including phenoxy) is 2. The number of esters is 1. The van der Waals surface area contributed by atoms with E-state index in [1.807, 2.05) is 30.3 Å². The summed E-state index contributed by atoms with van der Waals surface area (Å²) in [6.07, 6.45) is 2.51. The monoisotopic (exact) mass is 530 g/mol. The lowest BCUT2D eigenvalue weighted by Crippen LogP contribution is -2.28. The molecule has 3 rings (SSSR count). The number of nitrogens with one attached hydrogen (secondary N) is 2. The highest BCUT2D eigenvalue weighted by Gasteiger charge is 2.25. The minimum absolute atomic E-state index is 0.156. The van der Waals surface area contributed by atoms with Gasteiger partial charge in [0.15, 0.2) is 11.8 Å². The second-order valence-electron chi connectivity index (χ2n) is 6.47. The molecule has 33 heavy (non-hydrogen) atoms. The molecule has 2 aromatic carbocycles. The van der Waals surface area contributed by atoms with Crippen LogP contribution in [0.15, 0.2) is 74.2 Å². The second kappa shape index (κ2) is 12.0. The zero-order valence-corrected chi connectivity index (χ0v) is 19.8. The predicted octanol–water partition coefficient (Wildman–Crippen LogP) is 2.75. The van der Waals surface area contributed by atoms with E-state index in [-0.39, 0.29) is 22.6 Å². The molecule has 2 amide bonds. The smallest absolute Gasteiger partial charge is 0.331 e. The molecule has 1 heterocycles. The van der Waals surface area contributed by atoms with E-state index in [1.165, 1.54) is 13.3 Å². The van der Waals surface area contributed by atoms with E-state index in [2.05, 4.69) is 41.5 Å². The Morgan fingerprint density at radius 1 is 1.21 bits per heavy atom. The van der Waals surface area contributed by atoms with Gasteiger partial charge in [0, 0.05) is 22.7 Å². The Bertz CT molecular complexity index is 1130. The van der Waals surface area contributed by atoms with E-state index in [4.69, 9.17) is 4.74 Å². The molecule has 0 spiro atoms. The van der Waals surface area contributed by atoms with Crippen molar-refractivity contribution >= 4 is 56.9 Å². The highest BCUT2D eigenvalue weighted by molar-refractivity contribution is 9.10. The molecule has 9 nitrogen and oxygen atoms in total. The van der Waals surface area contributed by atoms with E-state index >= 15 is 0 Å². The Kier molecular flexibility index (Phi) is 8.79. The number of carbonyl (C=O) groups is 3. The molecule has 1 saturated heterocycles. The molecule has 0 radical (unpaired) electrons. The number of hydrogen-bond donors (Lipinski definition) is 2. The van der Waals surface area contributed by atoms with Crippen LogP contribution in [-0.4, -0.2) is 42.9 Å². The zero-order valence-electron chi connectivity index (χ0n) is 17.4. The van der Waals surface area contributed by atoms with Crippen molar-refractivity contribution < 1.29 is 23.9 Å². The number of hydrogen-bond acceptors (Lipinski definition) is 8. The van der Waals surface area contributed by atoms with Crippen LogP contribution in [0.1, 0.15) is 11.1 Å². The van der Waals surface area contributed by atoms with Crippen molar-refractivity contribution in [3.05, 3.63) is 75.1 Å². The van der Waals surface area contributed by atoms with Gasteiger partial charge in [0.25, 0.3) is 11.8 Å². The van der Waals surface area contributed by atoms with Crippen LogP contribution < -0.4 is 15.4 Å². The Balaban J connectivity index is 1.60. The maximum Gasteiger partial charge on any atom is 0.331 e. The van der Waals surface area contributed by atoms with Gasteiger partial charge in [-0.05, 0) is 35.5 Å². The third-order valence-electron chi connectivity index (χ3n) is 4.11. The summed E-state index contributed by atoms with van der Waals surface area (Å²) < 4.78 is 10.9. The first-order chi connectivity index (χ1) is 15.9. The summed E-state index contributed by atoms with van der Waals surface area (Å²) in [6, 6.07) is 14.8. The maximum absolute atomic E-state index is 12.1. The summed E-state index contributed by atoms with van der Waals surface area (Å²) in [7, 11) is 1.22. The van der Waals surface area contributed by atoms with Crippen LogP contribution in [0.5, 0.6) is 5.75 Å². The van der Waals surface area contributed by atoms with Crippen molar-refractivity contribution in [2.45, 2.75) is 6.54 Å². The highest BCUT2D eigenvalue weighted by Crippen LogP contribution is 2.24. The molecular weight excluding hydrogens is 512 g/mol. The molecule has 1 fully saturated rings. The van der Waals surface area contributed by atoms with Crippen LogP contribution in [0.4, 0.5) is 0 Å². The number of thioether (sulfide) groups is 1. The average molecular weight is 531 g/mol. The summed E-state index contributed by atoms with van der Waals surface area (Å²) in [5.41, 5.74) is 1.56. The minimum atomic E-state index is -0.638. The number of benzene rings is 2. The first-order valence-electron chi connectivity index (χ1n) is 9.57. The zero-order chi connectivity index (χ0) is 23.6. The van der Waals surface area contributed by atoms with Gasteiger partial charge in [0.05, 0.1) is 18.2 Å². The quantitative estimate of drug-likeness (QED) is 0.234. The van der Waals surface area contributed by atoms with Gasteiger partial charge < -0.3 is 14.8 Å². The third kappa shape index (κ3) is 7.58. The van der Waals surface area contributed by atoms with E-state index in [1.54, 1.807) is 18.2 Å². The van der Waals surface area contributed by atoms with Crippen molar-refractivity contribution in [3.63, 3.8) is 0 Å². The summed E-state index contributed by atoms with van der Waals surface area (Å²) >= 11 is 4.35. The van der Waals surface area contributed by atoms with E-state index < -0.39 is 11.9 Å². The standard InChI is InChI=1S/C22H19BrN4O5S/c1-31-20(29)10-18-21(30)26-22(33-18)27-25-12-15-9-16(23)7-8-17(15)32-13-19(28)24-11-14-5-3-2-4-6-14/h2-10,12H,11,13H2,1H3,(H,24,28)(H,26,27,30)/b18-10+,25-12?. The van der Waals surface area contributed by atoms with Gasteiger partial charge in [-0.1, -0.05) is 46.3 Å². The van der Waals surface area contributed by atoms with Gasteiger partial charge in [0.2, 0.25) is 0 Å². The Labute approximate surface area is 202 Å². The SMILES string of the molecule is COC(=O)/C=C1/S/C(=N\N=Cc2cc(Br)ccc2OCC(=O)NCc2ccccc2)NC1=O. The number of nitrogens with zero attached hydrogens (tertiary/aromatic N) is 2. The average Bonchev–Trinajstić information content (AvgIpc) is 3.16. The van der Waals surface area contributed by atoms with E-state index in [0.29, 0.717) is 17.9 Å². The van der Waals surface area contributed by atoms with Gasteiger partial charge >= 0.3 is 5.97 Å². The molecular formula is C22H19BrN4O5S. The maximum atomic E-state index is 12.1. The van der Waals surface area contributed by atoms with Gasteiger partial charge in [-0.2, -0.15) is 5.10 Å². The van der Waals surface area contributed by atoms with Crippen LogP contribution in [0.2, 0.25) is 0 Å². The normalized spacial score (nSPS) is 15.6. The number of amides is 2. The topological polar surface area (TPSA) is 118 Å². The van der Waals surface area contributed by atoms with Crippen LogP contribution >= 0.6 is 27.7 Å². The first-order valence-corrected chi connectivity index (χ1v) is 11.2. The van der Waals surface area contributed by atoms with Gasteiger partial charge in [0.1, 0.15) is 5.75 Å². The molecule has 0 aliphatic carbocycles. The van der Waals surface area contributed by atoms with Crippen molar-refractivity contribution in [1.29, 1.82) is 0 Å². The molecule has 0 unspecified atom stereocenters. The van der Waals surface area contributed by atoms with Crippen LogP contribution in [0.3, 0.4) is 0 Å². The fourth-order valence-electron chi connectivity index (χ4n) is 2.53. The number of rotatable bonds is 8. The second-order valence-corrected chi connectivity index (χ2v) is 8.42. The molecule has 2 N–H and O–H groups in total. The first kappa shape index (κ1) is 24.2. The molecule has 11 heteroatoms. The van der Waals surface area contributed by atoms with Crippen LogP contribution in [0.25, 0.3) is 0 Å². The fourth-order valence-corrected chi connectivity index (χ4v) is 3.64. The Morgan fingerprint density at radius 3 is 2.76 bits per heavy atom.